The van der Waals surface area contributed by atoms with Crippen LogP contribution in [0.3, 0.4) is 0 Å². The van der Waals surface area contributed by atoms with Crippen LogP contribution in [0.5, 0.6) is 5.88 Å². The average molecular weight is 573 g/mol. The summed E-state index contributed by atoms with van der Waals surface area (Å²) < 4.78 is 0. The molecule has 6 nitrogen and oxygen atoms in total. The van der Waals surface area contributed by atoms with Crippen molar-refractivity contribution in [1.82, 2.24) is 15.0 Å². The van der Waals surface area contributed by atoms with Crippen LogP contribution in [0.25, 0.3) is 6.08 Å². The fraction of sp³-hybridized carbons (Fsp3) is 0.528. The number of unbranched alkanes of at least 4 members (excludes halogenated alkanes) is 1. The summed E-state index contributed by atoms with van der Waals surface area (Å²) in [6.07, 6.45) is 18.7. The summed E-state index contributed by atoms with van der Waals surface area (Å²) in [6.45, 7) is 15.8. The van der Waals surface area contributed by atoms with Crippen LogP contribution >= 0.6 is 0 Å². The number of allylic oxidation sites excluding steroid dienone is 7. The molecule has 0 radical (unpaired) electrons. The van der Waals surface area contributed by atoms with Crippen LogP contribution in [-0.4, -0.2) is 26.3 Å². The quantitative estimate of drug-likeness (QED) is 0.0916. The fourth-order valence-corrected chi connectivity index (χ4v) is 5.80. The lowest BCUT2D eigenvalue weighted by molar-refractivity contribution is 0.372. The van der Waals surface area contributed by atoms with Crippen molar-refractivity contribution in [2.24, 2.45) is 23.7 Å². The van der Waals surface area contributed by atoms with Gasteiger partial charge in [-0.3, -0.25) is 9.97 Å². The molecular weight excluding hydrogens is 520 g/mol. The predicted molar refractivity (Wildman–Crippen MR) is 176 cm³/mol. The first kappa shape index (κ1) is 33.1. The van der Waals surface area contributed by atoms with E-state index < -0.39 is 5.69 Å². The number of aromatic hydroxyl groups is 1. The lowest BCUT2D eigenvalue weighted by atomic mass is 9.75. The number of nitrogens with one attached hydrogen (secondary N) is 3. The van der Waals surface area contributed by atoms with E-state index in [9.17, 15) is 9.90 Å². The van der Waals surface area contributed by atoms with Gasteiger partial charge in [0.2, 0.25) is 5.88 Å². The van der Waals surface area contributed by atoms with Crippen molar-refractivity contribution in [1.29, 1.82) is 5.41 Å². The number of pyridine rings is 1. The largest absolute Gasteiger partial charge is 0.493 e. The van der Waals surface area contributed by atoms with Gasteiger partial charge in [0.25, 0.3) is 0 Å². The van der Waals surface area contributed by atoms with E-state index in [2.05, 4.69) is 74.7 Å². The first-order chi connectivity index (χ1) is 20.0. The highest BCUT2D eigenvalue weighted by atomic mass is 16.3. The average Bonchev–Trinajstić information content (AvgIpc) is 3.75. The Morgan fingerprint density at radius 2 is 1.81 bits per heavy atom. The number of H-pyrrole nitrogens is 2. The number of nitrogens with zero attached hydrogens (tertiary/aromatic N) is 1. The first-order valence-corrected chi connectivity index (χ1v) is 15.8. The second-order valence-electron chi connectivity index (χ2n) is 12.4. The maximum absolute atomic E-state index is 11.7. The van der Waals surface area contributed by atoms with Gasteiger partial charge in [-0.05, 0) is 123 Å². The SMILES string of the molecule is CCC(C)=C(C=C(C(C)C(C)=C(C)/C(C=N)=C\c1[nH]c(=O)[nH]c1O)C(C)C(C)CC1CC1)CCCCc1ccncc1. The molecule has 1 fully saturated rings. The van der Waals surface area contributed by atoms with Gasteiger partial charge in [-0.2, -0.15) is 0 Å². The topological polar surface area (TPSA) is 106 Å². The van der Waals surface area contributed by atoms with Gasteiger partial charge in [-0.15, -0.1) is 0 Å². The van der Waals surface area contributed by atoms with E-state index in [0.29, 0.717) is 17.4 Å². The van der Waals surface area contributed by atoms with Gasteiger partial charge in [0, 0.05) is 18.6 Å². The van der Waals surface area contributed by atoms with Gasteiger partial charge < -0.3 is 15.5 Å². The molecule has 42 heavy (non-hydrogen) atoms. The van der Waals surface area contributed by atoms with E-state index in [1.54, 1.807) is 6.08 Å². The van der Waals surface area contributed by atoms with E-state index in [4.69, 9.17) is 5.41 Å². The van der Waals surface area contributed by atoms with Crippen LogP contribution in [0.1, 0.15) is 105 Å². The Morgan fingerprint density at radius 1 is 1.12 bits per heavy atom. The molecule has 0 saturated heterocycles. The minimum Gasteiger partial charge on any atom is -0.493 e. The van der Waals surface area contributed by atoms with Crippen molar-refractivity contribution in [2.75, 3.05) is 0 Å². The van der Waals surface area contributed by atoms with Gasteiger partial charge >= 0.3 is 5.69 Å². The van der Waals surface area contributed by atoms with Crippen molar-refractivity contribution in [3.05, 3.63) is 85.8 Å². The van der Waals surface area contributed by atoms with Gasteiger partial charge in [-0.25, -0.2) is 4.79 Å². The third kappa shape index (κ3) is 9.30. The van der Waals surface area contributed by atoms with Gasteiger partial charge in [-0.1, -0.05) is 63.3 Å². The minimum absolute atomic E-state index is 0.181. The number of hydrogen-bond acceptors (Lipinski definition) is 4. The van der Waals surface area contributed by atoms with E-state index in [-0.39, 0.29) is 17.5 Å². The second kappa shape index (κ2) is 15.7. The molecule has 1 aliphatic carbocycles. The molecule has 1 saturated carbocycles. The summed E-state index contributed by atoms with van der Waals surface area (Å²) >= 11 is 0. The van der Waals surface area contributed by atoms with E-state index >= 15 is 0 Å². The van der Waals surface area contributed by atoms with Crippen molar-refractivity contribution in [3.63, 3.8) is 0 Å². The molecular formula is C36H52N4O2. The minimum atomic E-state index is -0.468. The Hall–Kier alpha value is -3.41. The Morgan fingerprint density at radius 3 is 2.38 bits per heavy atom. The van der Waals surface area contributed by atoms with Crippen LogP contribution in [-0.2, 0) is 6.42 Å². The van der Waals surface area contributed by atoms with E-state index in [0.717, 1.165) is 43.6 Å². The van der Waals surface area contributed by atoms with Crippen molar-refractivity contribution in [2.45, 2.75) is 99.8 Å². The van der Waals surface area contributed by atoms with Gasteiger partial charge in [0.15, 0.2) is 0 Å². The molecule has 0 amide bonds. The van der Waals surface area contributed by atoms with Crippen LogP contribution in [0, 0.1) is 29.1 Å². The van der Waals surface area contributed by atoms with Crippen molar-refractivity contribution >= 4 is 12.3 Å². The first-order valence-electron chi connectivity index (χ1n) is 15.8. The smallest absolute Gasteiger partial charge is 0.326 e. The molecule has 0 aromatic carbocycles. The number of rotatable bonds is 16. The molecule has 0 aliphatic heterocycles. The summed E-state index contributed by atoms with van der Waals surface area (Å²) in [5, 5.41) is 18.2. The number of aromatic nitrogens is 3. The molecule has 0 bridgehead atoms. The molecule has 2 aromatic heterocycles. The predicted octanol–water partition coefficient (Wildman–Crippen LogP) is 8.95. The summed E-state index contributed by atoms with van der Waals surface area (Å²) in [5.41, 5.74) is 8.39. The Bertz CT molecular complexity index is 1370. The van der Waals surface area contributed by atoms with Gasteiger partial charge in [0.05, 0.1) is 0 Å². The monoisotopic (exact) mass is 572 g/mol. The van der Waals surface area contributed by atoms with Crippen LogP contribution in [0.2, 0.25) is 0 Å². The molecule has 3 unspecified atom stereocenters. The Kier molecular flexibility index (Phi) is 12.4. The lowest BCUT2D eigenvalue weighted by Crippen LogP contribution is -2.18. The zero-order valence-corrected chi connectivity index (χ0v) is 26.8. The van der Waals surface area contributed by atoms with E-state index in [1.165, 1.54) is 53.3 Å². The highest BCUT2D eigenvalue weighted by Crippen LogP contribution is 2.42. The highest BCUT2D eigenvalue weighted by Gasteiger charge is 2.29. The Balaban J connectivity index is 1.94. The van der Waals surface area contributed by atoms with E-state index in [1.807, 2.05) is 19.3 Å². The second-order valence-corrected chi connectivity index (χ2v) is 12.4. The summed E-state index contributed by atoms with van der Waals surface area (Å²) in [7, 11) is 0. The molecule has 3 rings (SSSR count). The maximum Gasteiger partial charge on any atom is 0.326 e. The molecule has 2 heterocycles. The molecule has 2 aromatic rings. The zero-order chi connectivity index (χ0) is 30.8. The summed E-state index contributed by atoms with van der Waals surface area (Å²) in [5.74, 6) is 1.86. The zero-order valence-electron chi connectivity index (χ0n) is 26.8. The van der Waals surface area contributed by atoms with Crippen LogP contribution < -0.4 is 5.69 Å². The normalized spacial score (nSPS) is 17.8. The number of aromatic amines is 2. The summed E-state index contributed by atoms with van der Waals surface area (Å²) in [4.78, 5) is 20.8. The molecule has 6 heteroatoms. The van der Waals surface area contributed by atoms with Crippen molar-refractivity contribution in [3.8, 4) is 5.88 Å². The molecule has 228 valence electrons. The third-order valence-electron chi connectivity index (χ3n) is 9.48. The fourth-order valence-electron chi connectivity index (χ4n) is 5.80. The number of imidazole rings is 1. The molecule has 3 atom stereocenters. The number of aryl methyl sites for hydroxylation is 1. The maximum atomic E-state index is 11.7. The number of hydrogen-bond donors (Lipinski definition) is 4. The van der Waals surface area contributed by atoms with Gasteiger partial charge in [0.1, 0.15) is 5.69 Å². The molecule has 4 N–H and O–H groups in total. The molecule has 0 spiro atoms. The van der Waals surface area contributed by atoms with Crippen LogP contribution in [0.15, 0.2) is 68.8 Å². The third-order valence-corrected chi connectivity index (χ3v) is 9.48. The Labute approximate surface area is 252 Å². The lowest BCUT2D eigenvalue weighted by Gasteiger charge is -2.30. The van der Waals surface area contributed by atoms with Crippen molar-refractivity contribution < 1.29 is 5.11 Å². The van der Waals surface area contributed by atoms with Crippen LogP contribution in [0.4, 0.5) is 0 Å². The summed E-state index contributed by atoms with van der Waals surface area (Å²) in [6, 6.07) is 4.22. The standard InChI is InChI=1S/C36H52N4O2/c1-8-23(2)31(12-10-9-11-29-15-17-38-18-16-29)20-33(25(4)24(3)19-30-13-14-30)28(7)26(5)27(6)32(22-37)21-34-35(41)40-36(42)39-34/h15-18,20-22,24-25,28,30,37,41H,8-14,19H2,1-7H3,(H2,39,40,42)/b27-26?,31-23?,32-21-,33-20?,37-22?. The highest BCUT2D eigenvalue weighted by molar-refractivity contribution is 5.89. The molecule has 1 aliphatic rings.